The lowest BCUT2D eigenvalue weighted by atomic mass is 10.0. The molecule has 0 atom stereocenters. The van der Waals surface area contributed by atoms with Crippen molar-refractivity contribution < 1.29 is 4.79 Å². The Kier molecular flexibility index (Phi) is 4.52. The third-order valence-electron chi connectivity index (χ3n) is 2.44. The number of halogens is 1. The van der Waals surface area contributed by atoms with Crippen LogP contribution in [0.4, 0.5) is 0 Å². The maximum Gasteiger partial charge on any atom is 0.254 e. The van der Waals surface area contributed by atoms with E-state index in [0.717, 1.165) is 4.47 Å². The summed E-state index contributed by atoms with van der Waals surface area (Å²) in [7, 11) is 0. The predicted octanol–water partition coefficient (Wildman–Crippen LogP) is 3.88. The van der Waals surface area contributed by atoms with E-state index >= 15 is 0 Å². The van der Waals surface area contributed by atoms with Crippen molar-refractivity contribution in [3.63, 3.8) is 0 Å². The minimum absolute atomic E-state index is 0.0266. The third-order valence-corrected chi connectivity index (χ3v) is 2.93. The SMILES string of the molecule is C=CCN(C(=O)c1cccc(Br)c1)C(C)(C)C. The maximum atomic E-state index is 12.4. The lowest BCUT2D eigenvalue weighted by molar-refractivity contribution is 0.0616. The van der Waals surface area contributed by atoms with E-state index in [0.29, 0.717) is 12.1 Å². The molecule has 0 aliphatic carbocycles. The molecule has 0 aromatic heterocycles. The van der Waals surface area contributed by atoms with Gasteiger partial charge in [-0.15, -0.1) is 6.58 Å². The van der Waals surface area contributed by atoms with Crippen molar-refractivity contribution in [3.8, 4) is 0 Å². The van der Waals surface area contributed by atoms with Crippen LogP contribution in [-0.2, 0) is 0 Å². The second kappa shape index (κ2) is 5.50. The van der Waals surface area contributed by atoms with Gasteiger partial charge in [0.25, 0.3) is 5.91 Å². The van der Waals surface area contributed by atoms with Crippen LogP contribution in [0.2, 0.25) is 0 Å². The Labute approximate surface area is 111 Å². The molecule has 0 saturated heterocycles. The van der Waals surface area contributed by atoms with Crippen molar-refractivity contribution in [1.82, 2.24) is 4.90 Å². The highest BCUT2D eigenvalue weighted by Gasteiger charge is 2.26. The Morgan fingerprint density at radius 3 is 2.59 bits per heavy atom. The largest absolute Gasteiger partial charge is 0.330 e. The number of carbonyl (C=O) groups is 1. The fraction of sp³-hybridized carbons (Fsp3) is 0.357. The Balaban J connectivity index is 3.04. The zero-order valence-corrected chi connectivity index (χ0v) is 12.1. The van der Waals surface area contributed by atoms with Crippen molar-refractivity contribution in [3.05, 3.63) is 47.0 Å². The van der Waals surface area contributed by atoms with E-state index in [1.807, 2.05) is 49.9 Å². The van der Waals surface area contributed by atoms with Crippen LogP contribution >= 0.6 is 15.9 Å². The zero-order valence-electron chi connectivity index (χ0n) is 10.5. The molecule has 0 unspecified atom stereocenters. The van der Waals surface area contributed by atoms with Crippen LogP contribution in [0.5, 0.6) is 0 Å². The Morgan fingerprint density at radius 2 is 2.12 bits per heavy atom. The van der Waals surface area contributed by atoms with Gasteiger partial charge in [0.05, 0.1) is 0 Å². The lowest BCUT2D eigenvalue weighted by Crippen LogP contribution is -2.45. The van der Waals surface area contributed by atoms with Crippen molar-refractivity contribution in [2.24, 2.45) is 0 Å². The molecule has 3 heteroatoms. The first-order valence-corrected chi connectivity index (χ1v) is 6.34. The normalized spacial score (nSPS) is 11.1. The smallest absolute Gasteiger partial charge is 0.254 e. The van der Waals surface area contributed by atoms with E-state index in [1.54, 1.807) is 6.08 Å². The van der Waals surface area contributed by atoms with Gasteiger partial charge in [0.2, 0.25) is 0 Å². The molecule has 0 heterocycles. The van der Waals surface area contributed by atoms with E-state index in [9.17, 15) is 4.79 Å². The number of nitrogens with zero attached hydrogens (tertiary/aromatic N) is 1. The molecular weight excluding hydrogens is 278 g/mol. The third kappa shape index (κ3) is 3.70. The Bertz CT molecular complexity index is 420. The summed E-state index contributed by atoms with van der Waals surface area (Å²) >= 11 is 3.38. The molecule has 0 spiro atoms. The highest BCUT2D eigenvalue weighted by Crippen LogP contribution is 2.19. The first-order valence-electron chi connectivity index (χ1n) is 5.54. The predicted molar refractivity (Wildman–Crippen MR) is 75.1 cm³/mol. The maximum absolute atomic E-state index is 12.4. The molecule has 1 rings (SSSR count). The number of hydrogen-bond acceptors (Lipinski definition) is 1. The van der Waals surface area contributed by atoms with Crippen LogP contribution in [0.25, 0.3) is 0 Å². The van der Waals surface area contributed by atoms with E-state index in [4.69, 9.17) is 0 Å². The van der Waals surface area contributed by atoms with Crippen molar-refractivity contribution in [2.45, 2.75) is 26.3 Å². The lowest BCUT2D eigenvalue weighted by Gasteiger charge is -2.35. The second-order valence-electron chi connectivity index (χ2n) is 4.89. The Hall–Kier alpha value is -1.09. The van der Waals surface area contributed by atoms with E-state index in [-0.39, 0.29) is 11.4 Å². The van der Waals surface area contributed by atoms with E-state index in [2.05, 4.69) is 22.5 Å². The average molecular weight is 296 g/mol. The molecule has 0 radical (unpaired) electrons. The summed E-state index contributed by atoms with van der Waals surface area (Å²) in [5.41, 5.74) is 0.476. The summed E-state index contributed by atoms with van der Waals surface area (Å²) in [6.45, 7) is 10.3. The summed E-state index contributed by atoms with van der Waals surface area (Å²) in [6, 6.07) is 7.44. The van der Waals surface area contributed by atoms with Gasteiger partial charge in [-0.1, -0.05) is 28.1 Å². The van der Waals surface area contributed by atoms with Crippen LogP contribution in [-0.4, -0.2) is 22.9 Å². The molecule has 1 aromatic rings. The van der Waals surface area contributed by atoms with Gasteiger partial charge in [-0.25, -0.2) is 0 Å². The van der Waals surface area contributed by atoms with Crippen molar-refractivity contribution in [2.75, 3.05) is 6.54 Å². The molecular formula is C14H18BrNO. The van der Waals surface area contributed by atoms with Gasteiger partial charge in [0, 0.05) is 22.1 Å². The molecule has 2 nitrogen and oxygen atoms in total. The number of rotatable bonds is 3. The number of benzene rings is 1. The monoisotopic (exact) mass is 295 g/mol. The molecule has 0 bridgehead atoms. The van der Waals surface area contributed by atoms with Crippen molar-refractivity contribution in [1.29, 1.82) is 0 Å². The molecule has 17 heavy (non-hydrogen) atoms. The van der Waals surface area contributed by atoms with Gasteiger partial charge in [0.1, 0.15) is 0 Å². The molecule has 0 N–H and O–H groups in total. The van der Waals surface area contributed by atoms with Gasteiger partial charge in [-0.05, 0) is 39.0 Å². The van der Waals surface area contributed by atoms with Gasteiger partial charge >= 0.3 is 0 Å². The molecule has 0 aliphatic heterocycles. The van der Waals surface area contributed by atoms with Crippen LogP contribution in [0.3, 0.4) is 0 Å². The van der Waals surface area contributed by atoms with Gasteiger partial charge in [-0.2, -0.15) is 0 Å². The number of hydrogen-bond donors (Lipinski definition) is 0. The molecule has 1 aromatic carbocycles. The number of carbonyl (C=O) groups excluding carboxylic acids is 1. The van der Waals surface area contributed by atoms with E-state index in [1.165, 1.54) is 0 Å². The molecule has 0 aliphatic rings. The van der Waals surface area contributed by atoms with Crippen LogP contribution in [0, 0.1) is 0 Å². The molecule has 1 amide bonds. The Morgan fingerprint density at radius 1 is 1.47 bits per heavy atom. The number of amides is 1. The van der Waals surface area contributed by atoms with Crippen molar-refractivity contribution >= 4 is 21.8 Å². The minimum Gasteiger partial charge on any atom is -0.330 e. The van der Waals surface area contributed by atoms with Gasteiger partial charge in [-0.3, -0.25) is 4.79 Å². The summed E-state index contributed by atoms with van der Waals surface area (Å²) in [5, 5.41) is 0. The summed E-state index contributed by atoms with van der Waals surface area (Å²) in [4.78, 5) is 14.2. The zero-order chi connectivity index (χ0) is 13.1. The second-order valence-corrected chi connectivity index (χ2v) is 5.80. The van der Waals surface area contributed by atoms with Crippen LogP contribution in [0.1, 0.15) is 31.1 Å². The molecule has 0 saturated carbocycles. The standard InChI is InChI=1S/C14H18BrNO/c1-5-9-16(14(2,3)4)13(17)11-7-6-8-12(15)10-11/h5-8,10H,1,9H2,2-4H3. The quantitative estimate of drug-likeness (QED) is 0.775. The fourth-order valence-corrected chi connectivity index (χ4v) is 1.97. The highest BCUT2D eigenvalue weighted by atomic mass is 79.9. The first-order chi connectivity index (χ1) is 7.86. The summed E-state index contributed by atoms with van der Waals surface area (Å²) in [6.07, 6.45) is 1.75. The topological polar surface area (TPSA) is 20.3 Å². The fourth-order valence-electron chi connectivity index (χ4n) is 1.57. The molecule has 92 valence electrons. The van der Waals surface area contributed by atoms with Gasteiger partial charge in [0.15, 0.2) is 0 Å². The first kappa shape index (κ1) is 14.0. The average Bonchev–Trinajstić information content (AvgIpc) is 2.23. The van der Waals surface area contributed by atoms with Crippen LogP contribution < -0.4 is 0 Å². The minimum atomic E-state index is -0.215. The summed E-state index contributed by atoms with van der Waals surface area (Å²) in [5.74, 6) is 0.0266. The van der Waals surface area contributed by atoms with E-state index < -0.39 is 0 Å². The molecule has 0 fully saturated rings. The van der Waals surface area contributed by atoms with Gasteiger partial charge < -0.3 is 4.90 Å². The highest BCUT2D eigenvalue weighted by molar-refractivity contribution is 9.10. The summed E-state index contributed by atoms with van der Waals surface area (Å²) < 4.78 is 0.913. The van der Waals surface area contributed by atoms with Crippen LogP contribution in [0.15, 0.2) is 41.4 Å².